The lowest BCUT2D eigenvalue weighted by Crippen LogP contribution is -1.93. The van der Waals surface area contributed by atoms with Crippen LogP contribution in [0.3, 0.4) is 0 Å². The largest absolute Gasteiger partial charge is 0.423 e. The summed E-state index contributed by atoms with van der Waals surface area (Å²) < 4.78 is 4.54. The molecule has 1 N–H and O–H groups in total. The van der Waals surface area contributed by atoms with Crippen molar-refractivity contribution in [1.29, 1.82) is 0 Å². The fourth-order valence-electron chi connectivity index (χ4n) is 0.729. The fraction of sp³-hybridized carbons (Fsp3) is 0.143. The first-order chi connectivity index (χ1) is 5.27. The summed E-state index contributed by atoms with van der Waals surface area (Å²) in [6, 6.07) is 0. The minimum absolute atomic E-state index is 0.132. The van der Waals surface area contributed by atoms with Gasteiger partial charge in [-0.25, -0.2) is 4.79 Å². The van der Waals surface area contributed by atoms with E-state index in [1.165, 1.54) is 6.08 Å². The Labute approximate surface area is 62.8 Å². The fourth-order valence-corrected chi connectivity index (χ4v) is 0.729. The van der Waals surface area contributed by atoms with E-state index in [1.807, 2.05) is 0 Å². The average molecular weight is 154 g/mol. The van der Waals surface area contributed by atoms with Gasteiger partial charge in [-0.2, -0.15) is 0 Å². The molecule has 0 aromatic rings. The van der Waals surface area contributed by atoms with Gasteiger partial charge in [0.1, 0.15) is 5.76 Å². The zero-order valence-corrected chi connectivity index (χ0v) is 5.61. The molecule has 0 bridgehead atoms. The van der Waals surface area contributed by atoms with Crippen molar-refractivity contribution in [2.45, 2.75) is 0 Å². The highest BCUT2D eigenvalue weighted by molar-refractivity contribution is 5.97. The number of ether oxygens (including phenoxy) is 1. The molecule has 0 saturated carbocycles. The van der Waals surface area contributed by atoms with Crippen LogP contribution in [0.5, 0.6) is 0 Å². The number of aliphatic hydroxyl groups is 1. The van der Waals surface area contributed by atoms with E-state index in [0.717, 1.165) is 6.08 Å². The van der Waals surface area contributed by atoms with Crippen LogP contribution in [0.1, 0.15) is 0 Å². The molecule has 4 nitrogen and oxygen atoms in total. The highest BCUT2D eigenvalue weighted by Gasteiger charge is 2.18. The third kappa shape index (κ3) is 1.53. The summed E-state index contributed by atoms with van der Waals surface area (Å²) in [5.41, 5.74) is 0.170. The van der Waals surface area contributed by atoms with Crippen LogP contribution in [-0.2, 0) is 14.3 Å². The van der Waals surface area contributed by atoms with Crippen LogP contribution in [0.2, 0.25) is 0 Å². The lowest BCUT2D eigenvalue weighted by atomic mass is 10.2. The van der Waals surface area contributed by atoms with Gasteiger partial charge >= 0.3 is 5.97 Å². The second-order valence-corrected chi connectivity index (χ2v) is 1.89. The van der Waals surface area contributed by atoms with Crippen molar-refractivity contribution in [3.8, 4) is 0 Å². The number of aldehydes is 1. The minimum atomic E-state index is -0.577. The number of esters is 1. The van der Waals surface area contributed by atoms with Crippen molar-refractivity contribution in [2.75, 3.05) is 6.61 Å². The third-order valence-corrected chi connectivity index (χ3v) is 1.17. The van der Waals surface area contributed by atoms with E-state index in [-0.39, 0.29) is 17.9 Å². The van der Waals surface area contributed by atoms with E-state index in [4.69, 9.17) is 5.11 Å². The molecule has 0 saturated heterocycles. The molecule has 58 valence electrons. The molecule has 0 unspecified atom stereocenters. The molecule has 0 aromatic heterocycles. The van der Waals surface area contributed by atoms with Crippen LogP contribution in [0.15, 0.2) is 23.5 Å². The molecule has 0 amide bonds. The number of hydrogen-bond donors (Lipinski definition) is 1. The van der Waals surface area contributed by atoms with Gasteiger partial charge in [0.2, 0.25) is 0 Å². The van der Waals surface area contributed by atoms with E-state index in [2.05, 4.69) is 4.74 Å². The van der Waals surface area contributed by atoms with Crippen LogP contribution in [0, 0.1) is 0 Å². The Hall–Kier alpha value is -1.42. The highest BCUT2D eigenvalue weighted by atomic mass is 16.5. The van der Waals surface area contributed by atoms with Gasteiger partial charge in [0.15, 0.2) is 6.29 Å². The summed E-state index contributed by atoms with van der Waals surface area (Å²) in [5, 5.41) is 8.42. The maximum atomic E-state index is 10.5. The molecule has 0 fully saturated rings. The van der Waals surface area contributed by atoms with Gasteiger partial charge in [0.25, 0.3) is 0 Å². The molecule has 1 rings (SSSR count). The minimum Gasteiger partial charge on any atom is -0.423 e. The first-order valence-electron chi connectivity index (χ1n) is 2.98. The summed E-state index contributed by atoms with van der Waals surface area (Å²) in [7, 11) is 0. The molecular formula is C7H6O4. The van der Waals surface area contributed by atoms with Crippen LogP contribution in [-0.4, -0.2) is 24.0 Å². The van der Waals surface area contributed by atoms with Gasteiger partial charge in [-0.15, -0.1) is 0 Å². The van der Waals surface area contributed by atoms with Gasteiger partial charge in [-0.3, -0.25) is 4.79 Å². The van der Waals surface area contributed by atoms with E-state index in [1.54, 1.807) is 0 Å². The van der Waals surface area contributed by atoms with Crippen LogP contribution < -0.4 is 0 Å². The van der Waals surface area contributed by atoms with E-state index < -0.39 is 5.97 Å². The highest BCUT2D eigenvalue weighted by Crippen LogP contribution is 2.16. The Kier molecular flexibility index (Phi) is 2.18. The first-order valence-corrected chi connectivity index (χ1v) is 2.98. The van der Waals surface area contributed by atoms with Crippen molar-refractivity contribution in [2.24, 2.45) is 0 Å². The molecule has 0 spiro atoms. The molecule has 1 aliphatic heterocycles. The van der Waals surface area contributed by atoms with Gasteiger partial charge in [-0.05, 0) is 6.08 Å². The molecule has 1 heterocycles. The van der Waals surface area contributed by atoms with Crippen molar-refractivity contribution in [3.63, 3.8) is 0 Å². The molecule has 0 radical (unpaired) electrons. The molecule has 11 heavy (non-hydrogen) atoms. The standard InChI is InChI=1S/C7H6O4/c8-2-1-6-5(4-9)3-7(10)11-6/h1,3-4,8H,2H2/b6-1-. The lowest BCUT2D eigenvalue weighted by Gasteiger charge is -1.94. The molecular weight excluding hydrogens is 148 g/mol. The van der Waals surface area contributed by atoms with Gasteiger partial charge in [-0.1, -0.05) is 0 Å². The molecule has 0 atom stereocenters. The summed E-state index contributed by atoms with van der Waals surface area (Å²) in [4.78, 5) is 20.7. The van der Waals surface area contributed by atoms with Crippen molar-refractivity contribution in [3.05, 3.63) is 23.5 Å². The Morgan fingerprint density at radius 1 is 1.64 bits per heavy atom. The van der Waals surface area contributed by atoms with Crippen LogP contribution in [0.4, 0.5) is 0 Å². The van der Waals surface area contributed by atoms with Crippen molar-refractivity contribution in [1.82, 2.24) is 0 Å². The van der Waals surface area contributed by atoms with Gasteiger partial charge < -0.3 is 9.84 Å². The monoisotopic (exact) mass is 154 g/mol. The summed E-state index contributed by atoms with van der Waals surface area (Å²) >= 11 is 0. The van der Waals surface area contributed by atoms with E-state index >= 15 is 0 Å². The number of aliphatic hydroxyl groups excluding tert-OH is 1. The van der Waals surface area contributed by atoms with Crippen LogP contribution in [0.25, 0.3) is 0 Å². The maximum absolute atomic E-state index is 10.5. The van der Waals surface area contributed by atoms with Gasteiger partial charge in [0.05, 0.1) is 12.2 Å². The van der Waals surface area contributed by atoms with E-state index in [9.17, 15) is 9.59 Å². The van der Waals surface area contributed by atoms with Crippen molar-refractivity contribution >= 4 is 12.3 Å². The number of cyclic esters (lactones) is 1. The lowest BCUT2D eigenvalue weighted by molar-refractivity contribution is -0.132. The summed E-state index contributed by atoms with van der Waals surface area (Å²) in [5.74, 6) is -0.445. The first kappa shape index (κ1) is 7.68. The van der Waals surface area contributed by atoms with Crippen molar-refractivity contribution < 1.29 is 19.4 Å². The smallest absolute Gasteiger partial charge is 0.337 e. The maximum Gasteiger partial charge on any atom is 0.337 e. The quantitative estimate of drug-likeness (QED) is 0.432. The second kappa shape index (κ2) is 3.12. The Morgan fingerprint density at radius 3 is 2.91 bits per heavy atom. The molecule has 1 aliphatic rings. The topological polar surface area (TPSA) is 63.6 Å². The van der Waals surface area contributed by atoms with Gasteiger partial charge in [0, 0.05) is 6.08 Å². The summed E-state index contributed by atoms with van der Waals surface area (Å²) in [6.07, 6.45) is 2.84. The second-order valence-electron chi connectivity index (χ2n) is 1.89. The number of carbonyl (C=O) groups excluding carboxylic acids is 2. The zero-order valence-electron chi connectivity index (χ0n) is 5.61. The Bertz CT molecular complexity index is 249. The summed E-state index contributed by atoms with van der Waals surface area (Å²) in [6.45, 7) is -0.256. The van der Waals surface area contributed by atoms with Crippen LogP contribution >= 0.6 is 0 Å². The predicted molar refractivity (Wildman–Crippen MR) is 35.4 cm³/mol. The van der Waals surface area contributed by atoms with E-state index in [0.29, 0.717) is 6.29 Å². The Balaban J connectivity index is 2.87. The molecule has 4 heteroatoms. The average Bonchev–Trinajstić information content (AvgIpc) is 2.32. The Morgan fingerprint density at radius 2 is 2.36 bits per heavy atom. The third-order valence-electron chi connectivity index (χ3n) is 1.17. The number of rotatable bonds is 2. The number of allylic oxidation sites excluding steroid dienone is 1. The predicted octanol–water partition coefficient (Wildman–Crippen LogP) is -0.455. The SMILES string of the molecule is O=CC1=CC(=O)O/C1=C\CO. The molecule has 0 aromatic carbocycles. The molecule has 0 aliphatic carbocycles. The normalized spacial score (nSPS) is 19.9. The number of carbonyl (C=O) groups is 2. The number of hydrogen-bond acceptors (Lipinski definition) is 4. The zero-order chi connectivity index (χ0) is 8.27.